The summed E-state index contributed by atoms with van der Waals surface area (Å²) in [5.41, 5.74) is 0.917. The lowest BCUT2D eigenvalue weighted by Crippen LogP contribution is -2.18. The summed E-state index contributed by atoms with van der Waals surface area (Å²) in [7, 11) is -0.247. The van der Waals surface area contributed by atoms with E-state index in [1.807, 2.05) is 23.0 Å². The van der Waals surface area contributed by atoms with Gasteiger partial charge in [-0.05, 0) is 24.8 Å². The summed E-state index contributed by atoms with van der Waals surface area (Å²) in [5, 5.41) is 0. The van der Waals surface area contributed by atoms with Crippen LogP contribution >= 0.6 is 23.1 Å². The summed E-state index contributed by atoms with van der Waals surface area (Å²) in [6.07, 6.45) is 2.31. The number of carbonyl (C=O) groups is 1. The number of aromatic nitrogens is 1. The van der Waals surface area contributed by atoms with E-state index in [-0.39, 0.29) is 29.4 Å². The quantitative estimate of drug-likeness (QED) is 0.427. The molecule has 0 spiro atoms. The first kappa shape index (κ1) is 24.3. The molecule has 2 aromatic carbocycles. The van der Waals surface area contributed by atoms with Gasteiger partial charge in [-0.2, -0.15) is 16.8 Å². The summed E-state index contributed by atoms with van der Waals surface area (Å²) in [6, 6.07) is 12.0. The van der Waals surface area contributed by atoms with Gasteiger partial charge in [-0.1, -0.05) is 29.5 Å². The highest BCUT2D eigenvalue weighted by atomic mass is 32.2. The van der Waals surface area contributed by atoms with Crippen molar-refractivity contribution in [2.24, 2.45) is 4.99 Å². The first-order chi connectivity index (χ1) is 15.4. The van der Waals surface area contributed by atoms with Crippen molar-refractivity contribution in [3.05, 3.63) is 47.3 Å². The molecule has 0 N–H and O–H groups in total. The molecule has 0 aliphatic carbocycles. The zero-order chi connectivity index (χ0) is 23.1. The van der Waals surface area contributed by atoms with Crippen LogP contribution in [0.4, 0.5) is 0 Å². The van der Waals surface area contributed by atoms with Crippen LogP contribution in [0, 0.1) is 0 Å². The lowest BCUT2D eigenvalue weighted by atomic mass is 10.3. The van der Waals surface area contributed by atoms with Crippen LogP contribution in [-0.4, -0.2) is 50.9 Å². The maximum Gasteiger partial charge on any atom is 0.248 e. The zero-order valence-corrected chi connectivity index (χ0v) is 20.7. The van der Waals surface area contributed by atoms with Gasteiger partial charge in [0.05, 0.1) is 35.1 Å². The highest BCUT2D eigenvalue weighted by molar-refractivity contribution is 7.98. The number of sulfone groups is 1. The molecule has 0 atom stereocenters. The van der Waals surface area contributed by atoms with Gasteiger partial charge >= 0.3 is 0 Å². The zero-order valence-electron chi connectivity index (χ0n) is 18.2. The van der Waals surface area contributed by atoms with Crippen molar-refractivity contribution in [2.45, 2.75) is 24.3 Å². The van der Waals surface area contributed by atoms with E-state index in [0.717, 1.165) is 16.0 Å². The van der Waals surface area contributed by atoms with Gasteiger partial charge in [0.25, 0.3) is 0 Å². The Labute approximate surface area is 196 Å². The molecule has 172 valence electrons. The van der Waals surface area contributed by atoms with Crippen LogP contribution in [-0.2, 0) is 21.2 Å². The molecule has 0 fully saturated rings. The Morgan fingerprint density at radius 2 is 1.81 bits per heavy atom. The Hall–Kier alpha value is -2.30. The highest BCUT2D eigenvalue weighted by Crippen LogP contribution is 2.33. The van der Waals surface area contributed by atoms with Crippen LogP contribution in [0.2, 0.25) is 0 Å². The molecule has 7 nitrogen and oxygen atoms in total. The molecule has 1 heterocycles. The molecule has 3 rings (SSSR count). The monoisotopic (exact) mass is 494 g/mol. The van der Waals surface area contributed by atoms with E-state index in [4.69, 9.17) is 9.47 Å². The van der Waals surface area contributed by atoms with Crippen molar-refractivity contribution < 1.29 is 22.7 Å². The van der Waals surface area contributed by atoms with E-state index in [0.29, 0.717) is 22.8 Å². The fourth-order valence-electron chi connectivity index (χ4n) is 3.20. The third-order valence-corrected chi connectivity index (χ3v) is 8.28. The van der Waals surface area contributed by atoms with Gasteiger partial charge in [-0.25, -0.2) is 8.42 Å². The molecule has 0 radical (unpaired) electrons. The van der Waals surface area contributed by atoms with E-state index < -0.39 is 9.84 Å². The average Bonchev–Trinajstić information content (AvgIpc) is 3.12. The normalized spacial score (nSPS) is 12.3. The fraction of sp³-hybridized carbons (Fsp3) is 0.364. The van der Waals surface area contributed by atoms with Crippen molar-refractivity contribution >= 4 is 49.1 Å². The van der Waals surface area contributed by atoms with Gasteiger partial charge in [-0.15, -0.1) is 0 Å². The van der Waals surface area contributed by atoms with Crippen LogP contribution in [0.5, 0.6) is 11.5 Å². The first-order valence-electron chi connectivity index (χ1n) is 9.99. The predicted octanol–water partition coefficient (Wildman–Crippen LogP) is 3.76. The second kappa shape index (κ2) is 11.0. The van der Waals surface area contributed by atoms with Crippen LogP contribution in [0.15, 0.2) is 52.4 Å². The molecular formula is C22H26N2O5S3. The standard InChI is InChI=1S/C22H26N2O5S3/c1-28-18-14-17-20(15-19(18)29-2)31-22(24(17)11-12-30-3)23-21(25)10-7-13-32(26,27)16-8-5-4-6-9-16/h4-6,8-9,14-15H,7,10-13H2,1-3H3. The minimum atomic E-state index is -3.41. The predicted molar refractivity (Wildman–Crippen MR) is 130 cm³/mol. The SMILES string of the molecule is COc1cc2sc(=NC(=O)CCCS(=O)(=O)c3ccccc3)n(CCSC)c2cc1OC. The number of thioether (sulfide) groups is 1. The Kier molecular flexibility index (Phi) is 8.38. The van der Waals surface area contributed by atoms with E-state index in [9.17, 15) is 13.2 Å². The number of carbonyl (C=O) groups excluding carboxylic acids is 1. The van der Waals surface area contributed by atoms with E-state index in [1.54, 1.807) is 56.3 Å². The number of methoxy groups -OCH3 is 2. The molecule has 1 aromatic heterocycles. The van der Waals surface area contributed by atoms with Crippen LogP contribution in [0.3, 0.4) is 0 Å². The number of hydrogen-bond acceptors (Lipinski definition) is 7. The largest absolute Gasteiger partial charge is 0.493 e. The molecule has 10 heteroatoms. The summed E-state index contributed by atoms with van der Waals surface area (Å²) in [5.74, 6) is 1.65. The summed E-state index contributed by atoms with van der Waals surface area (Å²) >= 11 is 3.10. The van der Waals surface area contributed by atoms with Gasteiger partial charge in [0, 0.05) is 30.9 Å². The maximum atomic E-state index is 12.6. The summed E-state index contributed by atoms with van der Waals surface area (Å²) < 4.78 is 38.6. The maximum absolute atomic E-state index is 12.6. The highest BCUT2D eigenvalue weighted by Gasteiger charge is 2.16. The Morgan fingerprint density at radius 3 is 2.47 bits per heavy atom. The van der Waals surface area contributed by atoms with Crippen LogP contribution < -0.4 is 14.3 Å². The minimum Gasteiger partial charge on any atom is -0.493 e. The molecule has 1 amide bonds. The molecule has 0 saturated heterocycles. The van der Waals surface area contributed by atoms with E-state index in [1.165, 1.54) is 11.3 Å². The van der Waals surface area contributed by atoms with Crippen LogP contribution in [0.25, 0.3) is 10.2 Å². The smallest absolute Gasteiger partial charge is 0.248 e. The number of amides is 1. The summed E-state index contributed by atoms with van der Waals surface area (Å²) in [4.78, 5) is 17.7. The number of nitrogens with zero attached hydrogens (tertiary/aromatic N) is 2. The number of ether oxygens (including phenoxy) is 2. The fourth-order valence-corrected chi connectivity index (χ4v) is 5.98. The third kappa shape index (κ3) is 5.73. The minimum absolute atomic E-state index is 0.0650. The second-order valence-corrected chi connectivity index (χ2v) is 11.0. The molecule has 32 heavy (non-hydrogen) atoms. The Morgan fingerprint density at radius 1 is 1.12 bits per heavy atom. The number of hydrogen-bond donors (Lipinski definition) is 0. The number of thiazole rings is 1. The Balaban J connectivity index is 1.83. The van der Waals surface area contributed by atoms with Crippen LogP contribution in [0.1, 0.15) is 12.8 Å². The molecular weight excluding hydrogens is 468 g/mol. The molecule has 0 aliphatic rings. The molecule has 0 unspecified atom stereocenters. The third-order valence-electron chi connectivity index (χ3n) is 4.83. The van der Waals surface area contributed by atoms with Crippen molar-refractivity contribution in [1.82, 2.24) is 4.57 Å². The van der Waals surface area contributed by atoms with Gasteiger partial charge in [-0.3, -0.25) is 4.79 Å². The van der Waals surface area contributed by atoms with Crippen molar-refractivity contribution in [1.29, 1.82) is 0 Å². The van der Waals surface area contributed by atoms with Gasteiger partial charge in [0.15, 0.2) is 26.1 Å². The second-order valence-electron chi connectivity index (χ2n) is 6.95. The lowest BCUT2D eigenvalue weighted by Gasteiger charge is -2.09. The van der Waals surface area contributed by atoms with E-state index in [2.05, 4.69) is 4.99 Å². The Bertz CT molecular complexity index is 1250. The van der Waals surface area contributed by atoms with Gasteiger partial charge < -0.3 is 14.0 Å². The number of rotatable bonds is 10. The molecule has 0 aliphatic heterocycles. The first-order valence-corrected chi connectivity index (χ1v) is 13.9. The topological polar surface area (TPSA) is 87.0 Å². The molecule has 0 bridgehead atoms. The van der Waals surface area contributed by atoms with Gasteiger partial charge in [0.1, 0.15) is 0 Å². The summed E-state index contributed by atoms with van der Waals surface area (Å²) in [6.45, 7) is 0.686. The molecule has 3 aromatic rings. The van der Waals surface area contributed by atoms with Crippen molar-refractivity contribution in [2.75, 3.05) is 32.0 Å². The van der Waals surface area contributed by atoms with Crippen molar-refractivity contribution in [3.63, 3.8) is 0 Å². The van der Waals surface area contributed by atoms with E-state index >= 15 is 0 Å². The number of aryl methyl sites for hydroxylation is 1. The average molecular weight is 495 g/mol. The van der Waals surface area contributed by atoms with Gasteiger partial charge in [0.2, 0.25) is 5.91 Å². The molecule has 0 saturated carbocycles. The number of fused-ring (bicyclic) bond motifs is 1. The lowest BCUT2D eigenvalue weighted by molar-refractivity contribution is -0.118. The van der Waals surface area contributed by atoms with Crippen molar-refractivity contribution in [3.8, 4) is 11.5 Å². The number of benzene rings is 2.